The molecular formula is C11H12IN3O3. The summed E-state index contributed by atoms with van der Waals surface area (Å²) in [5.41, 5.74) is 0.479. The fraction of sp³-hybridized carbons (Fsp3) is 0.364. The SMILES string of the molecule is O=C(NCC1CNC1)c1ccc([N+](=O)[O-])cc1I. The van der Waals surface area contributed by atoms with Crippen molar-refractivity contribution in [1.82, 2.24) is 10.6 Å². The van der Waals surface area contributed by atoms with Crippen LogP contribution in [-0.4, -0.2) is 30.5 Å². The second kappa shape index (κ2) is 5.61. The van der Waals surface area contributed by atoms with Crippen LogP contribution >= 0.6 is 22.6 Å². The number of carbonyl (C=O) groups is 1. The third-order valence-electron chi connectivity index (χ3n) is 2.83. The first-order valence-electron chi connectivity index (χ1n) is 5.51. The molecule has 1 aliphatic rings. The number of amides is 1. The van der Waals surface area contributed by atoms with Crippen molar-refractivity contribution in [3.8, 4) is 0 Å². The molecule has 0 atom stereocenters. The standard InChI is InChI=1S/C11H12IN3O3/c12-10-3-8(15(17)18)1-2-9(10)11(16)14-6-7-4-13-5-7/h1-3,7,13H,4-6H2,(H,14,16). The van der Waals surface area contributed by atoms with Crippen LogP contribution in [0.4, 0.5) is 5.69 Å². The highest BCUT2D eigenvalue weighted by Gasteiger charge is 2.19. The summed E-state index contributed by atoms with van der Waals surface area (Å²) in [5, 5.41) is 16.6. The van der Waals surface area contributed by atoms with Crippen molar-refractivity contribution in [2.75, 3.05) is 19.6 Å². The Morgan fingerprint density at radius 1 is 1.56 bits per heavy atom. The Morgan fingerprint density at radius 2 is 2.28 bits per heavy atom. The maximum atomic E-state index is 11.9. The number of nitro benzene ring substituents is 1. The van der Waals surface area contributed by atoms with Crippen LogP contribution in [0.3, 0.4) is 0 Å². The highest BCUT2D eigenvalue weighted by atomic mass is 127. The predicted octanol–water partition coefficient (Wildman–Crippen LogP) is 1.15. The number of nitrogens with zero attached hydrogens (tertiary/aromatic N) is 1. The summed E-state index contributed by atoms with van der Waals surface area (Å²) >= 11 is 1.94. The second-order valence-corrected chi connectivity index (χ2v) is 5.32. The van der Waals surface area contributed by atoms with E-state index in [1.165, 1.54) is 18.2 Å². The number of non-ortho nitro benzene ring substituents is 1. The lowest BCUT2D eigenvalue weighted by molar-refractivity contribution is -0.384. The number of hydrogen-bond acceptors (Lipinski definition) is 4. The van der Waals surface area contributed by atoms with Crippen LogP contribution in [0.5, 0.6) is 0 Å². The lowest BCUT2D eigenvalue weighted by Crippen LogP contribution is -2.48. The van der Waals surface area contributed by atoms with E-state index in [0.717, 1.165) is 13.1 Å². The molecular weight excluding hydrogens is 349 g/mol. The van der Waals surface area contributed by atoms with Crippen molar-refractivity contribution >= 4 is 34.2 Å². The van der Waals surface area contributed by atoms with E-state index in [0.29, 0.717) is 21.6 Å². The van der Waals surface area contributed by atoms with E-state index in [1.807, 2.05) is 22.6 Å². The molecule has 96 valence electrons. The van der Waals surface area contributed by atoms with Gasteiger partial charge in [0.15, 0.2) is 0 Å². The van der Waals surface area contributed by atoms with Gasteiger partial charge in [0.1, 0.15) is 0 Å². The molecule has 7 heteroatoms. The average Bonchev–Trinajstić information content (AvgIpc) is 2.26. The van der Waals surface area contributed by atoms with E-state index in [2.05, 4.69) is 10.6 Å². The number of nitro groups is 1. The number of benzene rings is 1. The van der Waals surface area contributed by atoms with Gasteiger partial charge in [-0.25, -0.2) is 0 Å². The monoisotopic (exact) mass is 361 g/mol. The number of hydrogen-bond donors (Lipinski definition) is 2. The van der Waals surface area contributed by atoms with Gasteiger partial charge in [-0.3, -0.25) is 14.9 Å². The molecule has 0 unspecified atom stereocenters. The molecule has 1 fully saturated rings. The minimum absolute atomic E-state index is 0.000794. The van der Waals surface area contributed by atoms with Crippen LogP contribution in [0.15, 0.2) is 18.2 Å². The summed E-state index contributed by atoms with van der Waals surface area (Å²) < 4.78 is 0.589. The number of carbonyl (C=O) groups excluding carboxylic acids is 1. The van der Waals surface area contributed by atoms with E-state index < -0.39 is 4.92 Å². The molecule has 1 saturated heterocycles. The Hall–Kier alpha value is -1.22. The van der Waals surface area contributed by atoms with Gasteiger partial charge < -0.3 is 10.6 Å². The maximum Gasteiger partial charge on any atom is 0.270 e. The molecule has 0 bridgehead atoms. The van der Waals surface area contributed by atoms with Gasteiger partial charge in [0.25, 0.3) is 11.6 Å². The van der Waals surface area contributed by atoms with Crippen molar-refractivity contribution in [1.29, 1.82) is 0 Å². The first-order valence-corrected chi connectivity index (χ1v) is 6.58. The number of halogens is 1. The molecule has 0 radical (unpaired) electrons. The smallest absolute Gasteiger partial charge is 0.270 e. The Kier molecular flexibility index (Phi) is 4.12. The van der Waals surface area contributed by atoms with Crippen molar-refractivity contribution in [2.24, 2.45) is 5.92 Å². The molecule has 0 aromatic heterocycles. The molecule has 0 aliphatic carbocycles. The molecule has 1 amide bonds. The summed E-state index contributed by atoms with van der Waals surface area (Å²) in [5.74, 6) is 0.311. The van der Waals surface area contributed by atoms with Crippen LogP contribution in [0.1, 0.15) is 10.4 Å². The van der Waals surface area contributed by atoms with Crippen LogP contribution in [0.2, 0.25) is 0 Å². The van der Waals surface area contributed by atoms with Crippen LogP contribution in [0, 0.1) is 19.6 Å². The maximum absolute atomic E-state index is 11.9. The largest absolute Gasteiger partial charge is 0.352 e. The Bertz CT molecular complexity index is 488. The average molecular weight is 361 g/mol. The highest BCUT2D eigenvalue weighted by molar-refractivity contribution is 14.1. The molecule has 2 N–H and O–H groups in total. The van der Waals surface area contributed by atoms with E-state index in [4.69, 9.17) is 0 Å². The van der Waals surface area contributed by atoms with Crippen molar-refractivity contribution in [2.45, 2.75) is 0 Å². The topological polar surface area (TPSA) is 84.3 Å². The van der Waals surface area contributed by atoms with Gasteiger partial charge in [-0.2, -0.15) is 0 Å². The predicted molar refractivity (Wildman–Crippen MR) is 74.5 cm³/mol. The molecule has 1 heterocycles. The highest BCUT2D eigenvalue weighted by Crippen LogP contribution is 2.19. The van der Waals surface area contributed by atoms with Gasteiger partial charge >= 0.3 is 0 Å². The van der Waals surface area contributed by atoms with E-state index in [1.54, 1.807) is 0 Å². The van der Waals surface area contributed by atoms with Gasteiger partial charge in [0.2, 0.25) is 0 Å². The quantitative estimate of drug-likeness (QED) is 0.479. The van der Waals surface area contributed by atoms with E-state index in [-0.39, 0.29) is 11.6 Å². The van der Waals surface area contributed by atoms with Gasteiger partial charge in [0.05, 0.1) is 10.5 Å². The zero-order valence-electron chi connectivity index (χ0n) is 9.48. The zero-order chi connectivity index (χ0) is 13.1. The van der Waals surface area contributed by atoms with Crippen LogP contribution in [0.25, 0.3) is 0 Å². The van der Waals surface area contributed by atoms with Crippen molar-refractivity contribution in [3.05, 3.63) is 37.4 Å². The molecule has 1 aliphatic heterocycles. The lowest BCUT2D eigenvalue weighted by Gasteiger charge is -2.27. The molecule has 1 aromatic carbocycles. The van der Waals surface area contributed by atoms with E-state index >= 15 is 0 Å². The number of nitrogens with one attached hydrogen (secondary N) is 2. The van der Waals surface area contributed by atoms with Crippen molar-refractivity contribution in [3.63, 3.8) is 0 Å². The van der Waals surface area contributed by atoms with Gasteiger partial charge in [-0.15, -0.1) is 0 Å². The molecule has 18 heavy (non-hydrogen) atoms. The number of rotatable bonds is 4. The fourth-order valence-corrected chi connectivity index (χ4v) is 2.37. The Labute approximate surface area is 117 Å². The normalized spacial score (nSPS) is 14.9. The van der Waals surface area contributed by atoms with Crippen LogP contribution < -0.4 is 10.6 Å². The summed E-state index contributed by atoms with van der Waals surface area (Å²) in [4.78, 5) is 22.0. The summed E-state index contributed by atoms with van der Waals surface area (Å²) in [6.07, 6.45) is 0. The zero-order valence-corrected chi connectivity index (χ0v) is 11.6. The fourth-order valence-electron chi connectivity index (χ4n) is 1.63. The Balaban J connectivity index is 2.02. The van der Waals surface area contributed by atoms with Crippen molar-refractivity contribution < 1.29 is 9.72 Å². The summed E-state index contributed by atoms with van der Waals surface area (Å²) in [6.45, 7) is 2.49. The minimum atomic E-state index is -0.468. The second-order valence-electron chi connectivity index (χ2n) is 4.16. The first kappa shape index (κ1) is 13.2. The third kappa shape index (κ3) is 2.96. The molecule has 6 nitrogen and oxygen atoms in total. The minimum Gasteiger partial charge on any atom is -0.352 e. The lowest BCUT2D eigenvalue weighted by atomic mass is 10.0. The summed E-state index contributed by atoms with van der Waals surface area (Å²) in [7, 11) is 0. The van der Waals surface area contributed by atoms with Gasteiger partial charge in [-0.05, 0) is 28.7 Å². The van der Waals surface area contributed by atoms with E-state index in [9.17, 15) is 14.9 Å². The first-order chi connectivity index (χ1) is 8.58. The molecule has 2 rings (SSSR count). The molecule has 1 aromatic rings. The van der Waals surface area contributed by atoms with Gasteiger partial charge in [-0.1, -0.05) is 0 Å². The summed E-state index contributed by atoms with van der Waals surface area (Å²) in [6, 6.07) is 4.25. The van der Waals surface area contributed by atoms with Gasteiger partial charge in [0, 0.05) is 41.3 Å². The molecule has 0 spiro atoms. The molecule has 0 saturated carbocycles. The Morgan fingerprint density at radius 3 is 2.78 bits per heavy atom. The third-order valence-corrected chi connectivity index (χ3v) is 3.72. The van der Waals surface area contributed by atoms with Crippen LogP contribution in [-0.2, 0) is 0 Å².